The molecule has 1 saturated heterocycles. The number of halogens is 4. The summed E-state index contributed by atoms with van der Waals surface area (Å²) in [4.78, 5) is 0. The molecule has 1 fully saturated rings. The quantitative estimate of drug-likeness (QED) is 0.730. The molecule has 0 bridgehead atoms. The summed E-state index contributed by atoms with van der Waals surface area (Å²) >= 11 is 0.115. The van der Waals surface area contributed by atoms with Crippen LogP contribution in [0.3, 0.4) is 0 Å². The van der Waals surface area contributed by atoms with Crippen molar-refractivity contribution in [3.8, 4) is 0 Å². The van der Waals surface area contributed by atoms with Crippen LogP contribution in [-0.4, -0.2) is 23.8 Å². The van der Waals surface area contributed by atoms with E-state index in [1.54, 1.807) is 0 Å². The first kappa shape index (κ1) is 12.4. The maximum atomic E-state index is 11.8. The highest BCUT2D eigenvalue weighted by molar-refractivity contribution is 8.00. The van der Waals surface area contributed by atoms with Gasteiger partial charge < -0.3 is 5.32 Å². The van der Waals surface area contributed by atoms with Gasteiger partial charge in [-0.15, -0.1) is 12.4 Å². The lowest BCUT2D eigenvalue weighted by molar-refractivity contribution is -0.0335. The molecule has 0 amide bonds. The van der Waals surface area contributed by atoms with Gasteiger partial charge in [-0.05, 0) is 31.1 Å². The molecular weight excluding hydrogens is 211 g/mol. The third-order valence-electron chi connectivity index (χ3n) is 1.55. The van der Waals surface area contributed by atoms with Gasteiger partial charge in [-0.3, -0.25) is 0 Å². The van der Waals surface area contributed by atoms with Crippen molar-refractivity contribution in [1.82, 2.24) is 5.32 Å². The summed E-state index contributed by atoms with van der Waals surface area (Å²) in [6.45, 7) is 1.35. The standard InChI is InChI=1S/C6H10F3NS.ClH/c7-6(8,9)11-5-2-1-3-10-4-5;/h5,10H,1-4H2;1H. The van der Waals surface area contributed by atoms with Crippen LogP contribution < -0.4 is 5.32 Å². The highest BCUT2D eigenvalue weighted by Crippen LogP contribution is 2.35. The molecule has 1 heterocycles. The summed E-state index contributed by atoms with van der Waals surface area (Å²) in [5, 5.41) is 2.66. The third-order valence-corrected chi connectivity index (χ3v) is 2.55. The minimum atomic E-state index is -4.07. The van der Waals surface area contributed by atoms with Crippen LogP contribution >= 0.6 is 24.2 Å². The minimum Gasteiger partial charge on any atom is -0.316 e. The lowest BCUT2D eigenvalue weighted by atomic mass is 10.2. The van der Waals surface area contributed by atoms with Crippen molar-refractivity contribution in [3.05, 3.63) is 0 Å². The second-order valence-electron chi connectivity index (χ2n) is 2.53. The molecule has 0 aromatic heterocycles. The summed E-state index contributed by atoms with van der Waals surface area (Å²) < 4.78 is 35.3. The van der Waals surface area contributed by atoms with Crippen LogP contribution in [0.4, 0.5) is 13.2 Å². The summed E-state index contributed by atoms with van der Waals surface area (Å²) in [6, 6.07) is 0. The van der Waals surface area contributed by atoms with E-state index >= 15 is 0 Å². The average Bonchev–Trinajstić information content (AvgIpc) is 1.85. The molecule has 1 rings (SSSR count). The van der Waals surface area contributed by atoms with Gasteiger partial charge in [-0.2, -0.15) is 13.2 Å². The zero-order chi connectivity index (χ0) is 8.32. The predicted molar refractivity (Wildman–Crippen MR) is 46.8 cm³/mol. The molecule has 0 aromatic rings. The van der Waals surface area contributed by atoms with E-state index < -0.39 is 5.51 Å². The van der Waals surface area contributed by atoms with Gasteiger partial charge >= 0.3 is 5.51 Å². The molecule has 0 radical (unpaired) electrons. The molecular formula is C6H11ClF3NS. The van der Waals surface area contributed by atoms with Crippen LogP contribution in [0.15, 0.2) is 0 Å². The summed E-state index contributed by atoms with van der Waals surface area (Å²) in [6.07, 6.45) is 1.53. The van der Waals surface area contributed by atoms with E-state index in [0.717, 1.165) is 13.0 Å². The van der Waals surface area contributed by atoms with Crippen LogP contribution in [-0.2, 0) is 0 Å². The Morgan fingerprint density at radius 1 is 1.33 bits per heavy atom. The van der Waals surface area contributed by atoms with E-state index in [1.165, 1.54) is 0 Å². The maximum absolute atomic E-state index is 11.8. The second kappa shape index (κ2) is 5.19. The molecule has 6 heteroatoms. The number of nitrogens with one attached hydrogen (secondary N) is 1. The molecule has 74 valence electrons. The Labute approximate surface area is 79.9 Å². The molecule has 0 spiro atoms. The molecule has 12 heavy (non-hydrogen) atoms. The van der Waals surface area contributed by atoms with Crippen LogP contribution in [0.5, 0.6) is 0 Å². The van der Waals surface area contributed by atoms with E-state index in [-0.39, 0.29) is 29.4 Å². The van der Waals surface area contributed by atoms with Crippen molar-refractivity contribution in [1.29, 1.82) is 0 Å². The van der Waals surface area contributed by atoms with Gasteiger partial charge in [0.25, 0.3) is 0 Å². The predicted octanol–water partition coefficient (Wildman–Crippen LogP) is 2.41. The fourth-order valence-electron chi connectivity index (χ4n) is 1.11. The zero-order valence-corrected chi connectivity index (χ0v) is 7.99. The topological polar surface area (TPSA) is 12.0 Å². The van der Waals surface area contributed by atoms with Gasteiger partial charge in [0.15, 0.2) is 0 Å². The lowest BCUT2D eigenvalue weighted by Crippen LogP contribution is -2.33. The zero-order valence-electron chi connectivity index (χ0n) is 6.36. The Hall–Kier alpha value is 0.390. The van der Waals surface area contributed by atoms with E-state index in [2.05, 4.69) is 5.32 Å². The molecule has 1 unspecified atom stereocenters. The molecule has 1 aliphatic rings. The summed E-state index contributed by atoms with van der Waals surface area (Å²) in [5.41, 5.74) is -4.07. The van der Waals surface area contributed by atoms with Crippen LogP contribution in [0.25, 0.3) is 0 Å². The van der Waals surface area contributed by atoms with Crippen molar-refractivity contribution in [2.75, 3.05) is 13.1 Å². The maximum Gasteiger partial charge on any atom is 0.442 e. The second-order valence-corrected chi connectivity index (χ2v) is 3.90. The molecule has 0 aromatic carbocycles. The minimum absolute atomic E-state index is 0. The molecule has 1 nitrogen and oxygen atoms in total. The Balaban J connectivity index is 0.00000121. The highest BCUT2D eigenvalue weighted by Gasteiger charge is 2.33. The van der Waals surface area contributed by atoms with Crippen LogP contribution in [0, 0.1) is 0 Å². The summed E-state index contributed by atoms with van der Waals surface area (Å²) in [5.74, 6) is 0. The van der Waals surface area contributed by atoms with Crippen LogP contribution in [0.2, 0.25) is 0 Å². The molecule has 1 aliphatic heterocycles. The molecule has 1 N–H and O–H groups in total. The fourth-order valence-corrected chi connectivity index (χ4v) is 1.97. The number of rotatable bonds is 1. The van der Waals surface area contributed by atoms with E-state index in [0.29, 0.717) is 13.0 Å². The molecule has 1 atom stereocenters. The Morgan fingerprint density at radius 2 is 2.00 bits per heavy atom. The average molecular weight is 222 g/mol. The number of alkyl halides is 3. The first-order chi connectivity index (χ1) is 5.08. The van der Waals surface area contributed by atoms with Crippen molar-refractivity contribution >= 4 is 24.2 Å². The first-order valence-electron chi connectivity index (χ1n) is 3.53. The lowest BCUT2D eigenvalue weighted by Gasteiger charge is -2.22. The van der Waals surface area contributed by atoms with E-state index in [1.807, 2.05) is 0 Å². The Morgan fingerprint density at radius 3 is 2.42 bits per heavy atom. The number of thioether (sulfide) groups is 1. The van der Waals surface area contributed by atoms with Crippen molar-refractivity contribution in [2.45, 2.75) is 23.6 Å². The highest BCUT2D eigenvalue weighted by atomic mass is 35.5. The van der Waals surface area contributed by atoms with Gasteiger partial charge in [0.1, 0.15) is 0 Å². The van der Waals surface area contributed by atoms with Gasteiger partial charge in [-0.25, -0.2) is 0 Å². The van der Waals surface area contributed by atoms with Crippen molar-refractivity contribution in [3.63, 3.8) is 0 Å². The van der Waals surface area contributed by atoms with E-state index in [4.69, 9.17) is 0 Å². The monoisotopic (exact) mass is 221 g/mol. The van der Waals surface area contributed by atoms with Crippen molar-refractivity contribution < 1.29 is 13.2 Å². The van der Waals surface area contributed by atoms with Gasteiger partial charge in [-0.1, -0.05) is 0 Å². The SMILES string of the molecule is Cl.FC(F)(F)SC1CCCNC1. The third kappa shape index (κ3) is 5.11. The largest absolute Gasteiger partial charge is 0.442 e. The van der Waals surface area contributed by atoms with Crippen LogP contribution in [0.1, 0.15) is 12.8 Å². The number of hydrogen-bond acceptors (Lipinski definition) is 2. The fraction of sp³-hybridized carbons (Fsp3) is 1.00. The first-order valence-corrected chi connectivity index (χ1v) is 4.41. The van der Waals surface area contributed by atoms with Gasteiger partial charge in [0.05, 0.1) is 0 Å². The van der Waals surface area contributed by atoms with Crippen molar-refractivity contribution in [2.24, 2.45) is 0 Å². The molecule has 0 aliphatic carbocycles. The molecule has 0 saturated carbocycles. The Bertz CT molecular complexity index is 124. The van der Waals surface area contributed by atoms with Gasteiger partial charge in [0.2, 0.25) is 0 Å². The van der Waals surface area contributed by atoms with Gasteiger partial charge in [0, 0.05) is 11.8 Å². The summed E-state index contributed by atoms with van der Waals surface area (Å²) in [7, 11) is 0. The normalized spacial score (nSPS) is 24.8. The van der Waals surface area contributed by atoms with E-state index in [9.17, 15) is 13.2 Å². The number of hydrogen-bond donors (Lipinski definition) is 1. The Kier molecular flexibility index (Phi) is 5.36. The smallest absolute Gasteiger partial charge is 0.316 e. The number of piperidine rings is 1.